The summed E-state index contributed by atoms with van der Waals surface area (Å²) in [4.78, 5) is 4.21. The molecule has 1 atom stereocenters. The highest BCUT2D eigenvalue weighted by atomic mass is 35.5. The van der Waals surface area contributed by atoms with Crippen molar-refractivity contribution in [2.45, 2.75) is 33.2 Å². The van der Waals surface area contributed by atoms with Crippen LogP contribution in [0.1, 0.15) is 37.6 Å². The summed E-state index contributed by atoms with van der Waals surface area (Å²) in [7, 11) is 0. The Morgan fingerprint density at radius 2 is 2.10 bits per heavy atom. The fraction of sp³-hybridized carbons (Fsp3) is 0.353. The van der Waals surface area contributed by atoms with Crippen molar-refractivity contribution in [3.05, 3.63) is 52.8 Å². The Hall–Kier alpha value is -1.58. The predicted octanol–water partition coefficient (Wildman–Crippen LogP) is 4.90. The summed E-state index contributed by atoms with van der Waals surface area (Å²) in [6.07, 6.45) is 2.85. The van der Waals surface area contributed by atoms with Crippen LogP contribution in [0, 0.1) is 6.92 Å². The van der Waals surface area contributed by atoms with Crippen molar-refractivity contribution in [1.29, 1.82) is 0 Å². The lowest BCUT2D eigenvalue weighted by Gasteiger charge is -2.15. The lowest BCUT2D eigenvalue weighted by molar-refractivity contribution is 0.475. The van der Waals surface area contributed by atoms with E-state index >= 15 is 0 Å². The SMILES string of the molecule is CCCNC(C)c1ccc(Oc2cccnc2C)c(Cl)c1. The summed E-state index contributed by atoms with van der Waals surface area (Å²) < 4.78 is 5.84. The second-order valence-electron chi connectivity index (χ2n) is 5.05. The minimum absolute atomic E-state index is 0.275. The van der Waals surface area contributed by atoms with Crippen LogP contribution in [0.25, 0.3) is 0 Å². The summed E-state index contributed by atoms with van der Waals surface area (Å²) >= 11 is 6.34. The maximum Gasteiger partial charge on any atom is 0.148 e. The van der Waals surface area contributed by atoms with Crippen molar-refractivity contribution in [3.63, 3.8) is 0 Å². The van der Waals surface area contributed by atoms with Gasteiger partial charge in [0.25, 0.3) is 0 Å². The van der Waals surface area contributed by atoms with Gasteiger partial charge in [0.1, 0.15) is 11.5 Å². The van der Waals surface area contributed by atoms with Gasteiger partial charge in [-0.1, -0.05) is 24.6 Å². The van der Waals surface area contributed by atoms with Crippen LogP contribution in [0.4, 0.5) is 0 Å². The van der Waals surface area contributed by atoms with E-state index in [1.165, 1.54) is 0 Å². The van der Waals surface area contributed by atoms with Gasteiger partial charge in [0.05, 0.1) is 10.7 Å². The molecule has 0 bridgehead atoms. The minimum atomic E-state index is 0.275. The van der Waals surface area contributed by atoms with Gasteiger partial charge in [-0.05, 0) is 56.6 Å². The van der Waals surface area contributed by atoms with Gasteiger partial charge >= 0.3 is 0 Å². The van der Waals surface area contributed by atoms with Crippen molar-refractivity contribution in [2.75, 3.05) is 6.54 Å². The topological polar surface area (TPSA) is 34.1 Å². The zero-order valence-corrected chi connectivity index (χ0v) is 13.4. The molecule has 0 saturated heterocycles. The summed E-state index contributed by atoms with van der Waals surface area (Å²) in [6.45, 7) is 7.19. The molecule has 0 radical (unpaired) electrons. The Bertz CT molecular complexity index is 601. The van der Waals surface area contributed by atoms with Crippen LogP contribution in [0.2, 0.25) is 5.02 Å². The molecule has 1 heterocycles. The first-order chi connectivity index (χ1) is 10.1. The third kappa shape index (κ3) is 4.19. The monoisotopic (exact) mass is 304 g/mol. The molecule has 0 amide bonds. The van der Waals surface area contributed by atoms with E-state index in [-0.39, 0.29) is 6.04 Å². The Kier molecular flexibility index (Phi) is 5.59. The van der Waals surface area contributed by atoms with Crippen LogP contribution in [0.3, 0.4) is 0 Å². The van der Waals surface area contributed by atoms with E-state index in [0.29, 0.717) is 10.8 Å². The first kappa shape index (κ1) is 15.8. The first-order valence-electron chi connectivity index (χ1n) is 7.24. The highest BCUT2D eigenvalue weighted by molar-refractivity contribution is 6.32. The average Bonchev–Trinajstić information content (AvgIpc) is 2.49. The number of nitrogens with one attached hydrogen (secondary N) is 1. The molecule has 3 nitrogen and oxygen atoms in total. The van der Waals surface area contributed by atoms with E-state index in [0.717, 1.165) is 30.0 Å². The molecule has 2 rings (SSSR count). The number of nitrogens with zero attached hydrogens (tertiary/aromatic N) is 1. The Balaban J connectivity index is 2.14. The molecule has 0 aliphatic rings. The number of ether oxygens (including phenoxy) is 1. The molecule has 4 heteroatoms. The molecule has 0 fully saturated rings. The largest absolute Gasteiger partial charge is 0.454 e. The lowest BCUT2D eigenvalue weighted by atomic mass is 10.1. The van der Waals surface area contributed by atoms with Gasteiger partial charge in [-0.25, -0.2) is 0 Å². The van der Waals surface area contributed by atoms with E-state index in [1.807, 2.05) is 37.3 Å². The van der Waals surface area contributed by atoms with Gasteiger partial charge < -0.3 is 10.1 Å². The molecule has 1 unspecified atom stereocenters. The normalized spacial score (nSPS) is 12.2. The Morgan fingerprint density at radius 3 is 2.76 bits per heavy atom. The van der Waals surface area contributed by atoms with Gasteiger partial charge in [0.15, 0.2) is 0 Å². The van der Waals surface area contributed by atoms with Crippen LogP contribution in [-0.4, -0.2) is 11.5 Å². The highest BCUT2D eigenvalue weighted by Crippen LogP contribution is 2.32. The zero-order chi connectivity index (χ0) is 15.2. The second kappa shape index (κ2) is 7.43. The summed E-state index contributed by atoms with van der Waals surface area (Å²) in [5.74, 6) is 1.38. The first-order valence-corrected chi connectivity index (χ1v) is 7.62. The van der Waals surface area contributed by atoms with E-state index in [9.17, 15) is 0 Å². The van der Waals surface area contributed by atoms with E-state index in [4.69, 9.17) is 16.3 Å². The Morgan fingerprint density at radius 1 is 1.29 bits per heavy atom. The average molecular weight is 305 g/mol. The van der Waals surface area contributed by atoms with Crippen molar-refractivity contribution in [2.24, 2.45) is 0 Å². The van der Waals surface area contributed by atoms with Crippen LogP contribution in [-0.2, 0) is 0 Å². The van der Waals surface area contributed by atoms with Gasteiger partial charge in [-0.2, -0.15) is 0 Å². The molecule has 0 aliphatic heterocycles. The van der Waals surface area contributed by atoms with Crippen LogP contribution in [0.15, 0.2) is 36.5 Å². The molecule has 0 saturated carbocycles. The number of aromatic nitrogens is 1. The molecule has 2 aromatic rings. The third-order valence-electron chi connectivity index (χ3n) is 3.33. The number of rotatable bonds is 6. The van der Waals surface area contributed by atoms with Crippen molar-refractivity contribution >= 4 is 11.6 Å². The third-order valence-corrected chi connectivity index (χ3v) is 3.63. The predicted molar refractivity (Wildman–Crippen MR) is 87.2 cm³/mol. The van der Waals surface area contributed by atoms with E-state index in [1.54, 1.807) is 6.20 Å². The lowest BCUT2D eigenvalue weighted by Crippen LogP contribution is -2.19. The molecule has 0 aliphatic carbocycles. The molecule has 0 spiro atoms. The maximum absolute atomic E-state index is 6.34. The minimum Gasteiger partial charge on any atom is -0.454 e. The molecular formula is C17H21ClN2O. The maximum atomic E-state index is 6.34. The molecule has 1 aromatic carbocycles. The fourth-order valence-corrected chi connectivity index (χ4v) is 2.27. The summed E-state index contributed by atoms with van der Waals surface area (Å²) in [5, 5.41) is 4.06. The zero-order valence-electron chi connectivity index (χ0n) is 12.7. The fourth-order valence-electron chi connectivity index (χ4n) is 2.04. The van der Waals surface area contributed by atoms with Crippen molar-refractivity contribution < 1.29 is 4.74 Å². The smallest absolute Gasteiger partial charge is 0.148 e. The standard InChI is InChI=1S/C17H21ClN2O/c1-4-9-19-12(2)14-7-8-17(15(18)11-14)21-16-6-5-10-20-13(16)3/h5-8,10-12,19H,4,9H2,1-3H3. The van der Waals surface area contributed by atoms with E-state index in [2.05, 4.69) is 24.1 Å². The molecule has 1 aromatic heterocycles. The van der Waals surface area contributed by atoms with Gasteiger partial charge in [-0.3, -0.25) is 4.98 Å². The van der Waals surface area contributed by atoms with Crippen LogP contribution in [0.5, 0.6) is 11.5 Å². The number of hydrogen-bond donors (Lipinski definition) is 1. The Labute approximate surface area is 131 Å². The number of halogens is 1. The van der Waals surface area contributed by atoms with Crippen molar-refractivity contribution in [1.82, 2.24) is 10.3 Å². The van der Waals surface area contributed by atoms with Gasteiger partial charge in [0, 0.05) is 12.2 Å². The van der Waals surface area contributed by atoms with Gasteiger partial charge in [0.2, 0.25) is 0 Å². The van der Waals surface area contributed by atoms with Gasteiger partial charge in [-0.15, -0.1) is 0 Å². The molecule has 1 N–H and O–H groups in total. The molecule has 21 heavy (non-hydrogen) atoms. The number of hydrogen-bond acceptors (Lipinski definition) is 3. The van der Waals surface area contributed by atoms with Crippen LogP contribution >= 0.6 is 11.6 Å². The number of pyridine rings is 1. The molecular weight excluding hydrogens is 284 g/mol. The second-order valence-corrected chi connectivity index (χ2v) is 5.46. The summed E-state index contributed by atoms with van der Waals surface area (Å²) in [6, 6.07) is 9.92. The number of benzene rings is 1. The van der Waals surface area contributed by atoms with Crippen LogP contribution < -0.4 is 10.1 Å². The molecule has 112 valence electrons. The quantitative estimate of drug-likeness (QED) is 0.824. The highest BCUT2D eigenvalue weighted by Gasteiger charge is 2.10. The summed E-state index contributed by atoms with van der Waals surface area (Å²) in [5.41, 5.74) is 2.00. The van der Waals surface area contributed by atoms with Crippen molar-refractivity contribution in [3.8, 4) is 11.5 Å². The van der Waals surface area contributed by atoms with E-state index < -0.39 is 0 Å². The number of aryl methyl sites for hydroxylation is 1.